The van der Waals surface area contributed by atoms with Gasteiger partial charge < -0.3 is 15.1 Å². The molecular formula is C19H18ClNO4. The third-order valence-electron chi connectivity index (χ3n) is 4.52. The van der Waals surface area contributed by atoms with Crippen molar-refractivity contribution in [2.45, 2.75) is 12.8 Å². The lowest BCUT2D eigenvalue weighted by Crippen LogP contribution is -2.29. The van der Waals surface area contributed by atoms with Crippen LogP contribution in [0.4, 0.5) is 0 Å². The summed E-state index contributed by atoms with van der Waals surface area (Å²) >= 11 is 5.87. The quantitative estimate of drug-likeness (QED) is 0.876. The van der Waals surface area contributed by atoms with Crippen LogP contribution in [0.5, 0.6) is 5.75 Å². The second-order valence-corrected chi connectivity index (χ2v) is 6.65. The van der Waals surface area contributed by atoms with Gasteiger partial charge in [0, 0.05) is 18.7 Å². The molecule has 0 aliphatic carbocycles. The highest BCUT2D eigenvalue weighted by Crippen LogP contribution is 2.27. The molecule has 0 aromatic heterocycles. The van der Waals surface area contributed by atoms with Crippen molar-refractivity contribution in [2.75, 3.05) is 13.1 Å². The van der Waals surface area contributed by atoms with Crippen LogP contribution >= 0.6 is 11.6 Å². The average molecular weight is 360 g/mol. The number of carbonyl (C=O) groups excluding carboxylic acids is 1. The van der Waals surface area contributed by atoms with Crippen molar-refractivity contribution in [1.29, 1.82) is 0 Å². The summed E-state index contributed by atoms with van der Waals surface area (Å²) in [6.07, 6.45) is 1.45. The number of phenolic OH excluding ortho intramolecular Hbond substituents is 1. The van der Waals surface area contributed by atoms with Crippen molar-refractivity contribution in [2.24, 2.45) is 5.92 Å². The average Bonchev–Trinajstić information content (AvgIpc) is 3.05. The molecule has 0 spiro atoms. The van der Waals surface area contributed by atoms with E-state index in [9.17, 15) is 19.8 Å². The van der Waals surface area contributed by atoms with E-state index in [-0.39, 0.29) is 22.6 Å². The Balaban J connectivity index is 1.68. The number of hydrogen-bond acceptors (Lipinski definition) is 3. The summed E-state index contributed by atoms with van der Waals surface area (Å²) in [4.78, 5) is 25.6. The second kappa shape index (κ2) is 7.15. The summed E-state index contributed by atoms with van der Waals surface area (Å²) in [7, 11) is 0. The minimum absolute atomic E-state index is 0.0530. The Morgan fingerprint density at radius 3 is 2.68 bits per heavy atom. The van der Waals surface area contributed by atoms with Gasteiger partial charge in [-0.3, -0.25) is 4.79 Å². The zero-order valence-corrected chi connectivity index (χ0v) is 14.2. The molecule has 1 atom stereocenters. The SMILES string of the molecule is O=C(O)c1ccccc1CC1CCN(C(=O)c2ccc(O)c(Cl)c2)C1. The topological polar surface area (TPSA) is 77.8 Å². The first-order chi connectivity index (χ1) is 12.0. The lowest BCUT2D eigenvalue weighted by molar-refractivity contribution is 0.0694. The van der Waals surface area contributed by atoms with Crippen LogP contribution in [0.1, 0.15) is 32.7 Å². The molecule has 25 heavy (non-hydrogen) atoms. The van der Waals surface area contributed by atoms with E-state index in [1.54, 1.807) is 23.1 Å². The number of aromatic carboxylic acids is 1. The van der Waals surface area contributed by atoms with Gasteiger partial charge in [-0.1, -0.05) is 29.8 Å². The van der Waals surface area contributed by atoms with Crippen molar-refractivity contribution in [3.05, 3.63) is 64.2 Å². The van der Waals surface area contributed by atoms with Crippen molar-refractivity contribution < 1.29 is 19.8 Å². The number of carboxylic acid groups (broad SMARTS) is 1. The molecule has 2 N–H and O–H groups in total. The predicted octanol–water partition coefficient (Wildman–Crippen LogP) is 3.45. The number of nitrogens with zero attached hydrogens (tertiary/aromatic N) is 1. The van der Waals surface area contributed by atoms with Crippen molar-refractivity contribution in [1.82, 2.24) is 4.90 Å². The molecular weight excluding hydrogens is 342 g/mol. The number of likely N-dealkylation sites (tertiary alicyclic amines) is 1. The molecule has 3 rings (SSSR count). The van der Waals surface area contributed by atoms with E-state index in [2.05, 4.69) is 0 Å². The maximum absolute atomic E-state index is 12.6. The first kappa shape index (κ1) is 17.3. The van der Waals surface area contributed by atoms with E-state index in [1.807, 2.05) is 12.1 Å². The maximum Gasteiger partial charge on any atom is 0.335 e. The van der Waals surface area contributed by atoms with Crippen LogP contribution < -0.4 is 0 Å². The number of aromatic hydroxyl groups is 1. The summed E-state index contributed by atoms with van der Waals surface area (Å²) < 4.78 is 0. The third kappa shape index (κ3) is 3.77. The number of rotatable bonds is 4. The van der Waals surface area contributed by atoms with Crippen molar-refractivity contribution in [3.8, 4) is 5.75 Å². The molecule has 1 heterocycles. The van der Waals surface area contributed by atoms with E-state index in [1.165, 1.54) is 12.1 Å². The highest BCUT2D eigenvalue weighted by atomic mass is 35.5. The van der Waals surface area contributed by atoms with Crippen LogP contribution in [-0.2, 0) is 6.42 Å². The van der Waals surface area contributed by atoms with E-state index in [0.29, 0.717) is 30.6 Å². The molecule has 1 saturated heterocycles. The zero-order valence-electron chi connectivity index (χ0n) is 13.5. The molecule has 1 amide bonds. The Labute approximate surface area is 150 Å². The van der Waals surface area contributed by atoms with Crippen LogP contribution in [0, 0.1) is 5.92 Å². The molecule has 1 aliphatic rings. The van der Waals surface area contributed by atoms with Gasteiger partial charge >= 0.3 is 5.97 Å². The Morgan fingerprint density at radius 2 is 1.96 bits per heavy atom. The number of amides is 1. The smallest absolute Gasteiger partial charge is 0.335 e. The summed E-state index contributed by atoms with van der Waals surface area (Å²) in [6, 6.07) is 11.4. The van der Waals surface area contributed by atoms with Gasteiger partial charge in [0.15, 0.2) is 0 Å². The van der Waals surface area contributed by atoms with Gasteiger partial charge in [-0.2, -0.15) is 0 Å². The molecule has 2 aromatic rings. The van der Waals surface area contributed by atoms with E-state index in [4.69, 9.17) is 11.6 Å². The van der Waals surface area contributed by atoms with Crippen LogP contribution in [-0.4, -0.2) is 40.1 Å². The molecule has 1 fully saturated rings. The molecule has 2 aromatic carbocycles. The van der Waals surface area contributed by atoms with Crippen molar-refractivity contribution >= 4 is 23.5 Å². The highest BCUT2D eigenvalue weighted by molar-refractivity contribution is 6.32. The van der Waals surface area contributed by atoms with Gasteiger partial charge in [0.1, 0.15) is 5.75 Å². The fraction of sp³-hybridized carbons (Fsp3) is 0.263. The molecule has 0 bridgehead atoms. The molecule has 1 unspecified atom stereocenters. The van der Waals surface area contributed by atoms with Gasteiger partial charge in [0.25, 0.3) is 5.91 Å². The van der Waals surface area contributed by atoms with E-state index < -0.39 is 5.97 Å². The minimum Gasteiger partial charge on any atom is -0.506 e. The van der Waals surface area contributed by atoms with Crippen LogP contribution in [0.25, 0.3) is 0 Å². The van der Waals surface area contributed by atoms with Gasteiger partial charge in [-0.25, -0.2) is 4.79 Å². The molecule has 1 aliphatic heterocycles. The zero-order chi connectivity index (χ0) is 18.0. The fourth-order valence-corrected chi connectivity index (χ4v) is 3.40. The summed E-state index contributed by atoms with van der Waals surface area (Å²) in [5.74, 6) is -0.893. The van der Waals surface area contributed by atoms with Crippen LogP contribution in [0.2, 0.25) is 5.02 Å². The van der Waals surface area contributed by atoms with Gasteiger partial charge in [-0.05, 0) is 48.6 Å². The van der Waals surface area contributed by atoms with Gasteiger partial charge in [0.2, 0.25) is 0 Å². The number of phenols is 1. The maximum atomic E-state index is 12.6. The van der Waals surface area contributed by atoms with E-state index >= 15 is 0 Å². The number of halogens is 1. The number of benzene rings is 2. The summed E-state index contributed by atoms with van der Waals surface area (Å²) in [5.41, 5.74) is 1.55. The van der Waals surface area contributed by atoms with Gasteiger partial charge in [-0.15, -0.1) is 0 Å². The summed E-state index contributed by atoms with van der Waals surface area (Å²) in [5, 5.41) is 18.9. The van der Waals surface area contributed by atoms with E-state index in [0.717, 1.165) is 12.0 Å². The molecule has 130 valence electrons. The Hall–Kier alpha value is -2.53. The largest absolute Gasteiger partial charge is 0.506 e. The number of carbonyl (C=O) groups is 2. The molecule has 0 radical (unpaired) electrons. The second-order valence-electron chi connectivity index (χ2n) is 6.24. The highest BCUT2D eigenvalue weighted by Gasteiger charge is 2.28. The Bertz CT molecular complexity index is 821. The normalized spacial score (nSPS) is 16.8. The third-order valence-corrected chi connectivity index (χ3v) is 4.83. The Morgan fingerprint density at radius 1 is 1.20 bits per heavy atom. The predicted molar refractivity (Wildman–Crippen MR) is 94.2 cm³/mol. The van der Waals surface area contributed by atoms with Crippen molar-refractivity contribution in [3.63, 3.8) is 0 Å². The lowest BCUT2D eigenvalue weighted by Gasteiger charge is -2.17. The van der Waals surface area contributed by atoms with Crippen LogP contribution in [0.3, 0.4) is 0 Å². The Kier molecular flexibility index (Phi) is 4.95. The minimum atomic E-state index is -0.930. The van der Waals surface area contributed by atoms with Gasteiger partial charge in [0.05, 0.1) is 10.6 Å². The standard InChI is InChI=1S/C19H18ClNO4/c20-16-10-14(5-6-17(16)22)18(23)21-8-7-12(11-21)9-13-3-1-2-4-15(13)19(24)25/h1-6,10,12,22H,7-9,11H2,(H,24,25). The molecule has 0 saturated carbocycles. The summed E-state index contributed by atoms with van der Waals surface area (Å²) in [6.45, 7) is 1.20. The molecule has 6 heteroatoms. The number of carboxylic acids is 1. The number of hydrogen-bond donors (Lipinski definition) is 2. The lowest BCUT2D eigenvalue weighted by atomic mass is 9.95. The first-order valence-corrected chi connectivity index (χ1v) is 8.42. The molecule has 5 nitrogen and oxygen atoms in total. The first-order valence-electron chi connectivity index (χ1n) is 8.04. The monoisotopic (exact) mass is 359 g/mol. The van der Waals surface area contributed by atoms with Crippen LogP contribution in [0.15, 0.2) is 42.5 Å². The fourth-order valence-electron chi connectivity index (χ4n) is 3.22.